The van der Waals surface area contributed by atoms with Crippen LogP contribution in [0.1, 0.15) is 12.0 Å². The topological polar surface area (TPSA) is 76.1 Å². The molecule has 0 aliphatic heterocycles. The number of amides is 1. The Kier molecular flexibility index (Phi) is 7.59. The predicted octanol–water partition coefficient (Wildman–Crippen LogP) is 1.87. The summed E-state index contributed by atoms with van der Waals surface area (Å²) in [5.74, 6) is 0.643. The first-order valence-corrected chi connectivity index (χ1v) is 8.10. The maximum atomic E-state index is 12.1. The molecule has 1 aromatic carbocycles. The minimum atomic E-state index is -1.03. The molecule has 122 valence electrons. The molecule has 1 amide bonds. The Hall–Kier alpha value is -1.89. The average molecular weight is 327 g/mol. The molecule has 0 saturated carbocycles. The third-order valence-corrected chi connectivity index (χ3v) is 3.60. The fourth-order valence-corrected chi connectivity index (χ4v) is 2.30. The Labute approximate surface area is 134 Å². The highest BCUT2D eigenvalue weighted by molar-refractivity contribution is 7.98. The van der Waals surface area contributed by atoms with Crippen molar-refractivity contribution in [2.24, 2.45) is 0 Å². The van der Waals surface area contributed by atoms with Crippen molar-refractivity contribution in [3.8, 4) is 11.5 Å². The second kappa shape index (κ2) is 9.19. The van der Waals surface area contributed by atoms with Gasteiger partial charge in [0.15, 0.2) is 0 Å². The number of nitrogens with zero attached hydrogens (tertiary/aromatic N) is 1. The monoisotopic (exact) mass is 327 g/mol. The highest BCUT2D eigenvalue weighted by Crippen LogP contribution is 2.23. The van der Waals surface area contributed by atoms with Gasteiger partial charge in [-0.05, 0) is 24.0 Å². The standard InChI is InChI=1S/C15H21NO5S/c1-20-12-6-11(7-13(8-12)21-2)9-16(10-15(18)19)14(17)4-5-22-3/h6-8H,4-5,9-10H2,1-3H3,(H,18,19). The molecule has 0 radical (unpaired) electrons. The smallest absolute Gasteiger partial charge is 0.323 e. The summed E-state index contributed by atoms with van der Waals surface area (Å²) in [6.07, 6.45) is 2.22. The zero-order valence-electron chi connectivity index (χ0n) is 13.0. The normalized spacial score (nSPS) is 10.1. The molecule has 0 saturated heterocycles. The Morgan fingerprint density at radius 2 is 1.77 bits per heavy atom. The number of benzene rings is 1. The predicted molar refractivity (Wildman–Crippen MR) is 85.6 cm³/mol. The van der Waals surface area contributed by atoms with Crippen LogP contribution < -0.4 is 9.47 Å². The number of rotatable bonds is 9. The Morgan fingerprint density at radius 1 is 1.18 bits per heavy atom. The first-order valence-electron chi connectivity index (χ1n) is 6.70. The minimum absolute atomic E-state index is 0.182. The van der Waals surface area contributed by atoms with E-state index in [0.29, 0.717) is 23.7 Å². The molecule has 0 spiro atoms. The second-order valence-electron chi connectivity index (χ2n) is 4.61. The van der Waals surface area contributed by atoms with Crippen molar-refractivity contribution in [3.63, 3.8) is 0 Å². The fraction of sp³-hybridized carbons (Fsp3) is 0.467. The lowest BCUT2D eigenvalue weighted by atomic mass is 10.1. The van der Waals surface area contributed by atoms with Crippen molar-refractivity contribution in [2.45, 2.75) is 13.0 Å². The Bertz CT molecular complexity index is 498. The van der Waals surface area contributed by atoms with Crippen LogP contribution in [0.15, 0.2) is 18.2 Å². The number of carbonyl (C=O) groups is 2. The van der Waals surface area contributed by atoms with E-state index in [1.165, 1.54) is 19.1 Å². The number of carboxylic acid groups (broad SMARTS) is 1. The highest BCUT2D eigenvalue weighted by atomic mass is 32.2. The molecule has 0 bridgehead atoms. The van der Waals surface area contributed by atoms with E-state index in [-0.39, 0.29) is 19.0 Å². The van der Waals surface area contributed by atoms with Crippen LogP contribution in [0.4, 0.5) is 0 Å². The Morgan fingerprint density at radius 3 is 2.23 bits per heavy atom. The van der Waals surface area contributed by atoms with Crippen LogP contribution in [0.5, 0.6) is 11.5 Å². The molecule has 7 heteroatoms. The highest BCUT2D eigenvalue weighted by Gasteiger charge is 2.17. The molecule has 0 fully saturated rings. The number of aliphatic carboxylic acids is 1. The van der Waals surface area contributed by atoms with Crippen LogP contribution in [-0.2, 0) is 16.1 Å². The summed E-state index contributed by atoms with van der Waals surface area (Å²) >= 11 is 1.55. The van der Waals surface area contributed by atoms with Gasteiger partial charge in [-0.3, -0.25) is 9.59 Å². The third kappa shape index (κ3) is 5.85. The van der Waals surface area contributed by atoms with Gasteiger partial charge in [-0.2, -0.15) is 11.8 Å². The zero-order valence-corrected chi connectivity index (χ0v) is 13.8. The van der Waals surface area contributed by atoms with E-state index in [1.807, 2.05) is 6.26 Å². The third-order valence-electron chi connectivity index (χ3n) is 2.98. The number of methoxy groups -OCH3 is 2. The van der Waals surface area contributed by atoms with Crippen molar-refractivity contribution in [2.75, 3.05) is 32.8 Å². The summed E-state index contributed by atoms with van der Waals surface area (Å²) in [5, 5.41) is 8.99. The zero-order chi connectivity index (χ0) is 16.5. The van der Waals surface area contributed by atoms with Crippen LogP contribution in [0, 0.1) is 0 Å². The van der Waals surface area contributed by atoms with Gasteiger partial charge in [0, 0.05) is 24.8 Å². The molecule has 0 heterocycles. The molecular weight excluding hydrogens is 306 g/mol. The number of carbonyl (C=O) groups excluding carboxylic acids is 1. The number of ether oxygens (including phenoxy) is 2. The van der Waals surface area contributed by atoms with Crippen molar-refractivity contribution in [1.29, 1.82) is 0 Å². The average Bonchev–Trinajstić information content (AvgIpc) is 2.50. The van der Waals surface area contributed by atoms with Crippen molar-refractivity contribution in [1.82, 2.24) is 4.90 Å². The summed E-state index contributed by atoms with van der Waals surface area (Å²) in [6.45, 7) is -0.125. The van der Waals surface area contributed by atoms with E-state index in [2.05, 4.69) is 0 Å². The van der Waals surface area contributed by atoms with Crippen molar-refractivity contribution < 1.29 is 24.2 Å². The summed E-state index contributed by atoms with van der Waals surface area (Å²) in [4.78, 5) is 24.4. The quantitative estimate of drug-likeness (QED) is 0.746. The summed E-state index contributed by atoms with van der Waals surface area (Å²) in [6, 6.07) is 5.25. The van der Waals surface area contributed by atoms with E-state index in [9.17, 15) is 9.59 Å². The maximum absolute atomic E-state index is 12.1. The maximum Gasteiger partial charge on any atom is 0.323 e. The number of thioether (sulfide) groups is 1. The molecule has 1 aromatic rings. The van der Waals surface area contributed by atoms with Gasteiger partial charge in [0.05, 0.1) is 14.2 Å². The van der Waals surface area contributed by atoms with E-state index in [4.69, 9.17) is 14.6 Å². The lowest BCUT2D eigenvalue weighted by molar-refractivity contribution is -0.144. The van der Waals surface area contributed by atoms with Crippen LogP contribution in [-0.4, -0.2) is 54.7 Å². The lowest BCUT2D eigenvalue weighted by Crippen LogP contribution is -2.35. The number of hydrogen-bond acceptors (Lipinski definition) is 5. The molecular formula is C15H21NO5S. The van der Waals surface area contributed by atoms with E-state index in [0.717, 1.165) is 5.56 Å². The van der Waals surface area contributed by atoms with E-state index < -0.39 is 5.97 Å². The Balaban J connectivity index is 2.92. The molecule has 0 unspecified atom stereocenters. The van der Waals surface area contributed by atoms with Gasteiger partial charge in [-0.15, -0.1) is 0 Å². The van der Waals surface area contributed by atoms with Gasteiger partial charge < -0.3 is 19.5 Å². The summed E-state index contributed by atoms with van der Waals surface area (Å²) < 4.78 is 10.4. The van der Waals surface area contributed by atoms with Crippen LogP contribution in [0.3, 0.4) is 0 Å². The van der Waals surface area contributed by atoms with E-state index in [1.54, 1.807) is 30.0 Å². The van der Waals surface area contributed by atoms with Crippen LogP contribution in [0.2, 0.25) is 0 Å². The van der Waals surface area contributed by atoms with Gasteiger partial charge >= 0.3 is 5.97 Å². The van der Waals surface area contributed by atoms with Crippen LogP contribution in [0.25, 0.3) is 0 Å². The molecule has 0 atom stereocenters. The fourth-order valence-electron chi connectivity index (χ4n) is 1.92. The van der Waals surface area contributed by atoms with Crippen molar-refractivity contribution >= 4 is 23.6 Å². The largest absolute Gasteiger partial charge is 0.497 e. The first-order chi connectivity index (χ1) is 10.5. The number of carboxylic acids is 1. The molecule has 0 aliphatic rings. The summed E-state index contributed by atoms with van der Waals surface area (Å²) in [7, 11) is 3.08. The van der Waals surface area contributed by atoms with E-state index >= 15 is 0 Å². The molecule has 22 heavy (non-hydrogen) atoms. The molecule has 6 nitrogen and oxygen atoms in total. The SMILES string of the molecule is COc1cc(CN(CC(=O)O)C(=O)CCSC)cc(OC)c1. The van der Waals surface area contributed by atoms with Gasteiger partial charge in [0.25, 0.3) is 0 Å². The summed E-state index contributed by atoms with van der Waals surface area (Å²) in [5.41, 5.74) is 0.759. The van der Waals surface area contributed by atoms with Crippen molar-refractivity contribution in [3.05, 3.63) is 23.8 Å². The van der Waals surface area contributed by atoms with Gasteiger partial charge in [0.1, 0.15) is 18.0 Å². The lowest BCUT2D eigenvalue weighted by Gasteiger charge is -2.21. The molecule has 1 N–H and O–H groups in total. The van der Waals surface area contributed by atoms with Crippen LogP contribution >= 0.6 is 11.8 Å². The van der Waals surface area contributed by atoms with Gasteiger partial charge in [0.2, 0.25) is 5.91 Å². The van der Waals surface area contributed by atoms with Gasteiger partial charge in [-0.25, -0.2) is 0 Å². The number of hydrogen-bond donors (Lipinski definition) is 1. The first kappa shape index (κ1) is 18.2. The molecule has 0 aliphatic carbocycles. The second-order valence-corrected chi connectivity index (χ2v) is 5.59. The molecule has 1 rings (SSSR count). The van der Waals surface area contributed by atoms with Gasteiger partial charge in [-0.1, -0.05) is 0 Å². The minimum Gasteiger partial charge on any atom is -0.497 e. The molecule has 0 aromatic heterocycles.